The van der Waals surface area contributed by atoms with E-state index in [0.717, 1.165) is 5.75 Å². The van der Waals surface area contributed by atoms with Crippen LogP contribution in [-0.2, 0) is 0 Å². The van der Waals surface area contributed by atoms with E-state index < -0.39 is 0 Å². The summed E-state index contributed by atoms with van der Waals surface area (Å²) in [5, 5.41) is 0. The molecule has 20 heavy (non-hydrogen) atoms. The number of hydrogen-bond donors (Lipinski definition) is 0. The molecule has 1 heterocycles. The number of hydrogen-bond acceptors (Lipinski definition) is 1. The Bertz CT molecular complexity index is 650. The molecule has 0 amide bonds. The Kier molecular flexibility index (Phi) is 2.89. The molecular formula is C19H22O. The lowest BCUT2D eigenvalue weighted by Gasteiger charge is -2.27. The summed E-state index contributed by atoms with van der Waals surface area (Å²) in [6, 6.07) is 13.3. The molecule has 0 saturated heterocycles. The van der Waals surface area contributed by atoms with Gasteiger partial charge in [-0.2, -0.15) is 0 Å². The zero-order valence-corrected chi connectivity index (χ0v) is 12.9. The van der Waals surface area contributed by atoms with Crippen LogP contribution < -0.4 is 4.74 Å². The van der Waals surface area contributed by atoms with Crippen molar-refractivity contribution < 1.29 is 4.74 Å². The van der Waals surface area contributed by atoms with Crippen LogP contribution in [0.2, 0.25) is 0 Å². The minimum atomic E-state index is -0.198. The first kappa shape index (κ1) is 13.2. The maximum absolute atomic E-state index is 6.30. The highest BCUT2D eigenvalue weighted by Crippen LogP contribution is 2.49. The van der Waals surface area contributed by atoms with Crippen molar-refractivity contribution in [3.63, 3.8) is 0 Å². The third kappa shape index (κ3) is 1.93. The van der Waals surface area contributed by atoms with Crippen molar-refractivity contribution in [2.45, 2.75) is 46.1 Å². The van der Waals surface area contributed by atoms with Gasteiger partial charge in [-0.25, -0.2) is 0 Å². The van der Waals surface area contributed by atoms with Crippen LogP contribution in [0.3, 0.4) is 0 Å². The fourth-order valence-corrected chi connectivity index (χ4v) is 3.21. The first-order chi connectivity index (χ1) is 9.40. The minimum Gasteiger partial charge on any atom is -0.486 e. The molecule has 0 N–H and O–H groups in total. The largest absolute Gasteiger partial charge is 0.486 e. The van der Waals surface area contributed by atoms with E-state index in [1.54, 1.807) is 0 Å². The molecule has 1 nitrogen and oxygen atoms in total. The quantitative estimate of drug-likeness (QED) is 0.712. The van der Waals surface area contributed by atoms with E-state index in [4.69, 9.17) is 4.74 Å². The van der Waals surface area contributed by atoms with Crippen molar-refractivity contribution in [3.05, 3.63) is 64.2 Å². The molecule has 1 atom stereocenters. The van der Waals surface area contributed by atoms with Crippen LogP contribution in [0, 0.1) is 20.8 Å². The van der Waals surface area contributed by atoms with Gasteiger partial charge in [0, 0.05) is 5.56 Å². The highest BCUT2D eigenvalue weighted by molar-refractivity contribution is 5.54. The third-order valence-electron chi connectivity index (χ3n) is 4.49. The maximum Gasteiger partial charge on any atom is 0.127 e. The predicted molar refractivity (Wildman–Crippen MR) is 83.6 cm³/mol. The summed E-state index contributed by atoms with van der Waals surface area (Å²) in [5.41, 5.74) is 6.32. The molecule has 0 aliphatic carbocycles. The Balaban J connectivity index is 2.17. The monoisotopic (exact) mass is 266 g/mol. The molecule has 0 aromatic heterocycles. The second-order valence-electron chi connectivity index (χ2n) is 6.48. The topological polar surface area (TPSA) is 9.23 Å². The van der Waals surface area contributed by atoms with E-state index in [2.05, 4.69) is 71.0 Å². The van der Waals surface area contributed by atoms with E-state index in [-0.39, 0.29) is 5.60 Å². The van der Waals surface area contributed by atoms with Crippen molar-refractivity contribution in [2.75, 3.05) is 0 Å². The van der Waals surface area contributed by atoms with Gasteiger partial charge in [-0.3, -0.25) is 0 Å². The predicted octanol–water partition coefficient (Wildman–Crippen LogP) is 4.91. The molecule has 1 aliphatic rings. The molecule has 0 saturated carbocycles. The van der Waals surface area contributed by atoms with E-state index in [1.807, 2.05) is 0 Å². The molecule has 1 heteroatoms. The van der Waals surface area contributed by atoms with Crippen molar-refractivity contribution in [3.8, 4) is 5.75 Å². The van der Waals surface area contributed by atoms with Gasteiger partial charge in [0.15, 0.2) is 0 Å². The van der Waals surface area contributed by atoms with Crippen molar-refractivity contribution >= 4 is 0 Å². The van der Waals surface area contributed by atoms with Gasteiger partial charge < -0.3 is 4.74 Å². The maximum atomic E-state index is 6.30. The van der Waals surface area contributed by atoms with Crippen LogP contribution >= 0.6 is 0 Å². The number of fused-ring (bicyclic) bond motifs is 1. The van der Waals surface area contributed by atoms with E-state index in [1.165, 1.54) is 27.8 Å². The van der Waals surface area contributed by atoms with Crippen LogP contribution in [0.1, 0.15) is 47.6 Å². The van der Waals surface area contributed by atoms with Gasteiger partial charge in [-0.1, -0.05) is 42.0 Å². The average molecular weight is 266 g/mol. The van der Waals surface area contributed by atoms with Gasteiger partial charge in [0.05, 0.1) is 5.92 Å². The highest BCUT2D eigenvalue weighted by Gasteiger charge is 2.42. The number of aryl methyl sites for hydroxylation is 2. The molecule has 0 bridgehead atoms. The standard InChI is InChI=1S/C19H22O/c1-12-6-9-15(10-7-12)17-16-11-8-13(2)14(3)18(16)20-19(17,4)5/h6-11,17H,1-5H3/t17-/m0/s1. The fraction of sp³-hybridized carbons (Fsp3) is 0.368. The van der Waals surface area contributed by atoms with Crippen molar-refractivity contribution in [2.24, 2.45) is 0 Å². The van der Waals surface area contributed by atoms with Gasteiger partial charge in [0.25, 0.3) is 0 Å². The second kappa shape index (κ2) is 4.37. The van der Waals surface area contributed by atoms with Crippen LogP contribution in [-0.4, -0.2) is 5.60 Å². The zero-order chi connectivity index (χ0) is 14.5. The third-order valence-corrected chi connectivity index (χ3v) is 4.49. The summed E-state index contributed by atoms with van der Waals surface area (Å²) in [7, 11) is 0. The molecular weight excluding hydrogens is 244 g/mol. The van der Waals surface area contributed by atoms with Crippen LogP contribution in [0.25, 0.3) is 0 Å². The lowest BCUT2D eigenvalue weighted by atomic mass is 9.80. The Morgan fingerprint density at radius 2 is 1.55 bits per heavy atom. The number of benzene rings is 2. The molecule has 104 valence electrons. The SMILES string of the molecule is Cc1ccc([C@H]2c3ccc(C)c(C)c3OC2(C)C)cc1. The lowest BCUT2D eigenvalue weighted by molar-refractivity contribution is 0.121. The Morgan fingerprint density at radius 3 is 2.20 bits per heavy atom. The van der Waals surface area contributed by atoms with E-state index in [0.29, 0.717) is 5.92 Å². The minimum absolute atomic E-state index is 0.198. The zero-order valence-electron chi connectivity index (χ0n) is 12.9. The van der Waals surface area contributed by atoms with Crippen LogP contribution in [0.5, 0.6) is 5.75 Å². The summed E-state index contributed by atoms with van der Waals surface area (Å²) in [6.45, 7) is 10.8. The molecule has 3 rings (SSSR count). The summed E-state index contributed by atoms with van der Waals surface area (Å²) in [5.74, 6) is 1.39. The first-order valence-corrected chi connectivity index (χ1v) is 7.26. The molecule has 0 spiro atoms. The van der Waals surface area contributed by atoms with E-state index >= 15 is 0 Å². The molecule has 2 aromatic carbocycles. The second-order valence-corrected chi connectivity index (χ2v) is 6.48. The van der Waals surface area contributed by atoms with E-state index in [9.17, 15) is 0 Å². The van der Waals surface area contributed by atoms with Crippen molar-refractivity contribution in [1.82, 2.24) is 0 Å². The highest BCUT2D eigenvalue weighted by atomic mass is 16.5. The lowest BCUT2D eigenvalue weighted by Crippen LogP contribution is -2.30. The first-order valence-electron chi connectivity index (χ1n) is 7.26. The van der Waals surface area contributed by atoms with Gasteiger partial charge in [0.2, 0.25) is 0 Å². The van der Waals surface area contributed by atoms with Crippen LogP contribution in [0.15, 0.2) is 36.4 Å². The molecule has 1 aliphatic heterocycles. The number of rotatable bonds is 1. The van der Waals surface area contributed by atoms with Gasteiger partial charge >= 0.3 is 0 Å². The average Bonchev–Trinajstić information content (AvgIpc) is 2.67. The summed E-state index contributed by atoms with van der Waals surface area (Å²) < 4.78 is 6.30. The van der Waals surface area contributed by atoms with Crippen molar-refractivity contribution in [1.29, 1.82) is 0 Å². The number of ether oxygens (including phenoxy) is 1. The molecule has 2 aromatic rings. The fourth-order valence-electron chi connectivity index (χ4n) is 3.21. The Hall–Kier alpha value is -1.76. The molecule has 0 radical (unpaired) electrons. The summed E-state index contributed by atoms with van der Waals surface area (Å²) in [6.07, 6.45) is 0. The smallest absolute Gasteiger partial charge is 0.127 e. The normalized spacial score (nSPS) is 19.6. The van der Waals surface area contributed by atoms with Crippen LogP contribution in [0.4, 0.5) is 0 Å². The van der Waals surface area contributed by atoms with Gasteiger partial charge in [0.1, 0.15) is 11.4 Å². The molecule has 0 fully saturated rings. The Morgan fingerprint density at radius 1 is 0.900 bits per heavy atom. The Labute approximate surface area is 121 Å². The molecule has 0 unspecified atom stereocenters. The van der Waals surface area contributed by atoms with Gasteiger partial charge in [-0.15, -0.1) is 0 Å². The van der Waals surface area contributed by atoms with Gasteiger partial charge in [-0.05, 0) is 51.3 Å². The summed E-state index contributed by atoms with van der Waals surface area (Å²) in [4.78, 5) is 0. The summed E-state index contributed by atoms with van der Waals surface area (Å²) >= 11 is 0.